The van der Waals surface area contributed by atoms with Gasteiger partial charge in [-0.3, -0.25) is 4.79 Å². The van der Waals surface area contributed by atoms with Crippen LogP contribution in [0.2, 0.25) is 0 Å². The number of carbonyl (C=O) groups excluding carboxylic acids is 1. The molecule has 1 aliphatic rings. The lowest BCUT2D eigenvalue weighted by Gasteiger charge is -2.11. The second kappa shape index (κ2) is 5.39. The zero-order valence-electron chi connectivity index (χ0n) is 9.28. The summed E-state index contributed by atoms with van der Waals surface area (Å²) in [6, 6.07) is 8.16. The molecule has 1 aromatic carbocycles. The van der Waals surface area contributed by atoms with Crippen LogP contribution in [0.4, 0.5) is 0 Å². The van der Waals surface area contributed by atoms with E-state index < -0.39 is 0 Å². The van der Waals surface area contributed by atoms with Crippen LogP contribution in [0.15, 0.2) is 29.2 Å². The Morgan fingerprint density at radius 2 is 1.88 bits per heavy atom. The summed E-state index contributed by atoms with van der Waals surface area (Å²) in [7, 11) is 0. The van der Waals surface area contributed by atoms with E-state index >= 15 is 0 Å². The zero-order valence-corrected chi connectivity index (χ0v) is 10.2. The minimum absolute atomic E-state index is 0.138. The van der Waals surface area contributed by atoms with Gasteiger partial charge in [-0.2, -0.15) is 0 Å². The van der Waals surface area contributed by atoms with Crippen molar-refractivity contribution in [1.82, 2.24) is 5.32 Å². The van der Waals surface area contributed by atoms with E-state index in [-0.39, 0.29) is 5.91 Å². The lowest BCUT2D eigenvalue weighted by Crippen LogP contribution is -2.33. The Morgan fingerprint density at radius 1 is 1.25 bits per heavy atom. The average molecular weight is 235 g/mol. The first-order chi connectivity index (χ1) is 7.74. The number of thiol groups is 1. The van der Waals surface area contributed by atoms with Crippen LogP contribution in [0.25, 0.3) is 0 Å². The standard InChI is InChI=1S/C13H17NOS/c15-13(14-11-3-1-2-4-11)9-10-5-7-12(16)8-6-10/h5-8,11,16H,1-4,9H2,(H,14,15). The van der Waals surface area contributed by atoms with Gasteiger partial charge in [0.1, 0.15) is 0 Å². The van der Waals surface area contributed by atoms with Gasteiger partial charge in [0.2, 0.25) is 5.91 Å². The molecule has 2 rings (SSSR count). The summed E-state index contributed by atoms with van der Waals surface area (Å²) in [5.41, 5.74) is 1.05. The molecule has 1 amide bonds. The molecule has 0 unspecified atom stereocenters. The summed E-state index contributed by atoms with van der Waals surface area (Å²) in [6.07, 6.45) is 5.26. The molecule has 1 saturated carbocycles. The van der Waals surface area contributed by atoms with Gasteiger partial charge in [-0.15, -0.1) is 12.6 Å². The van der Waals surface area contributed by atoms with Gasteiger partial charge >= 0.3 is 0 Å². The van der Waals surface area contributed by atoms with Crippen molar-refractivity contribution in [1.29, 1.82) is 0 Å². The number of rotatable bonds is 3. The number of amides is 1. The second-order valence-corrected chi connectivity index (χ2v) is 4.91. The quantitative estimate of drug-likeness (QED) is 0.775. The van der Waals surface area contributed by atoms with E-state index in [2.05, 4.69) is 17.9 Å². The molecule has 1 fully saturated rings. The molecule has 1 aliphatic carbocycles. The lowest BCUT2D eigenvalue weighted by atomic mass is 10.1. The van der Waals surface area contributed by atoms with Gasteiger partial charge in [-0.25, -0.2) is 0 Å². The van der Waals surface area contributed by atoms with E-state index in [0.717, 1.165) is 23.3 Å². The molecule has 0 bridgehead atoms. The van der Waals surface area contributed by atoms with Crippen LogP contribution in [0, 0.1) is 0 Å². The maximum atomic E-state index is 11.7. The fraction of sp³-hybridized carbons (Fsp3) is 0.462. The van der Waals surface area contributed by atoms with Gasteiger partial charge in [0.15, 0.2) is 0 Å². The van der Waals surface area contributed by atoms with Crippen LogP contribution in [-0.2, 0) is 11.2 Å². The van der Waals surface area contributed by atoms with Crippen molar-refractivity contribution in [3.63, 3.8) is 0 Å². The lowest BCUT2D eigenvalue weighted by molar-refractivity contribution is -0.121. The van der Waals surface area contributed by atoms with Crippen LogP contribution in [0.1, 0.15) is 31.2 Å². The Bertz CT molecular complexity index is 355. The van der Waals surface area contributed by atoms with Crippen molar-refractivity contribution in [3.8, 4) is 0 Å². The molecule has 3 heteroatoms. The first-order valence-electron chi connectivity index (χ1n) is 5.81. The minimum Gasteiger partial charge on any atom is -0.353 e. The highest BCUT2D eigenvalue weighted by molar-refractivity contribution is 7.80. The number of benzene rings is 1. The smallest absolute Gasteiger partial charge is 0.224 e. The largest absolute Gasteiger partial charge is 0.353 e. The maximum absolute atomic E-state index is 11.7. The summed E-state index contributed by atoms with van der Waals surface area (Å²) in [6.45, 7) is 0. The van der Waals surface area contributed by atoms with Crippen LogP contribution in [0.5, 0.6) is 0 Å². The van der Waals surface area contributed by atoms with E-state index in [0.29, 0.717) is 12.5 Å². The van der Waals surface area contributed by atoms with Gasteiger partial charge in [-0.05, 0) is 30.5 Å². The van der Waals surface area contributed by atoms with Crippen LogP contribution in [0.3, 0.4) is 0 Å². The Labute approximate surface area is 102 Å². The van der Waals surface area contributed by atoms with Crippen molar-refractivity contribution in [3.05, 3.63) is 29.8 Å². The number of hydrogen-bond acceptors (Lipinski definition) is 2. The summed E-state index contributed by atoms with van der Waals surface area (Å²) >= 11 is 4.22. The SMILES string of the molecule is O=C(Cc1ccc(S)cc1)NC1CCCC1. The summed E-state index contributed by atoms with van der Waals surface area (Å²) in [5.74, 6) is 0.138. The van der Waals surface area contributed by atoms with Crippen molar-refractivity contribution >= 4 is 18.5 Å². The minimum atomic E-state index is 0.138. The summed E-state index contributed by atoms with van der Waals surface area (Å²) in [5, 5.41) is 3.08. The first kappa shape index (κ1) is 11.5. The molecule has 16 heavy (non-hydrogen) atoms. The monoisotopic (exact) mass is 235 g/mol. The number of nitrogens with one attached hydrogen (secondary N) is 1. The predicted molar refractivity (Wildman–Crippen MR) is 67.8 cm³/mol. The Morgan fingerprint density at radius 3 is 2.50 bits per heavy atom. The van der Waals surface area contributed by atoms with Crippen molar-refractivity contribution < 1.29 is 4.79 Å². The van der Waals surface area contributed by atoms with Crippen LogP contribution in [-0.4, -0.2) is 11.9 Å². The van der Waals surface area contributed by atoms with Gasteiger partial charge in [0.05, 0.1) is 6.42 Å². The highest BCUT2D eigenvalue weighted by atomic mass is 32.1. The molecule has 0 aromatic heterocycles. The van der Waals surface area contributed by atoms with Crippen molar-refractivity contribution in [2.24, 2.45) is 0 Å². The summed E-state index contributed by atoms with van der Waals surface area (Å²) < 4.78 is 0. The molecule has 0 spiro atoms. The van der Waals surface area contributed by atoms with E-state index in [4.69, 9.17) is 0 Å². The molecule has 86 valence electrons. The fourth-order valence-electron chi connectivity index (χ4n) is 2.15. The highest BCUT2D eigenvalue weighted by Gasteiger charge is 2.16. The van der Waals surface area contributed by atoms with Gasteiger partial charge in [-0.1, -0.05) is 25.0 Å². The molecular formula is C13H17NOS. The van der Waals surface area contributed by atoms with Gasteiger partial charge in [0, 0.05) is 10.9 Å². The van der Waals surface area contributed by atoms with E-state index in [9.17, 15) is 4.79 Å². The van der Waals surface area contributed by atoms with Crippen molar-refractivity contribution in [2.75, 3.05) is 0 Å². The Hall–Kier alpha value is -0.960. The molecular weight excluding hydrogens is 218 g/mol. The van der Waals surface area contributed by atoms with E-state index in [1.807, 2.05) is 24.3 Å². The summed E-state index contributed by atoms with van der Waals surface area (Å²) in [4.78, 5) is 12.7. The molecule has 0 heterocycles. The molecule has 2 nitrogen and oxygen atoms in total. The topological polar surface area (TPSA) is 29.1 Å². The van der Waals surface area contributed by atoms with E-state index in [1.165, 1.54) is 12.8 Å². The Balaban J connectivity index is 1.84. The third-order valence-electron chi connectivity index (χ3n) is 3.02. The van der Waals surface area contributed by atoms with E-state index in [1.54, 1.807) is 0 Å². The van der Waals surface area contributed by atoms with Crippen molar-refractivity contribution in [2.45, 2.75) is 43.0 Å². The average Bonchev–Trinajstić information content (AvgIpc) is 2.74. The molecule has 0 radical (unpaired) electrons. The number of carbonyl (C=O) groups is 1. The van der Waals surface area contributed by atoms with Gasteiger partial charge in [0.25, 0.3) is 0 Å². The molecule has 1 N–H and O–H groups in total. The third kappa shape index (κ3) is 3.27. The normalized spacial score (nSPS) is 16.3. The molecule has 0 saturated heterocycles. The van der Waals surface area contributed by atoms with Gasteiger partial charge < -0.3 is 5.32 Å². The Kier molecular flexibility index (Phi) is 3.88. The molecule has 0 aliphatic heterocycles. The highest BCUT2D eigenvalue weighted by Crippen LogP contribution is 2.17. The van der Waals surface area contributed by atoms with Crippen LogP contribution >= 0.6 is 12.6 Å². The number of hydrogen-bond donors (Lipinski definition) is 2. The second-order valence-electron chi connectivity index (χ2n) is 4.39. The first-order valence-corrected chi connectivity index (χ1v) is 6.26. The maximum Gasteiger partial charge on any atom is 0.224 e. The van der Waals surface area contributed by atoms with Crippen LogP contribution < -0.4 is 5.32 Å². The molecule has 1 aromatic rings. The zero-order chi connectivity index (χ0) is 11.4. The third-order valence-corrected chi connectivity index (χ3v) is 3.32. The molecule has 0 atom stereocenters. The fourth-order valence-corrected chi connectivity index (χ4v) is 2.30. The predicted octanol–water partition coefficient (Wildman–Crippen LogP) is 2.58.